The Bertz CT molecular complexity index is 948. The minimum atomic E-state index is -0.310. The summed E-state index contributed by atoms with van der Waals surface area (Å²) in [6.07, 6.45) is 2.64. The van der Waals surface area contributed by atoms with Crippen LogP contribution in [0.4, 0.5) is 0 Å². The summed E-state index contributed by atoms with van der Waals surface area (Å²) in [6.45, 7) is 11.1. The van der Waals surface area contributed by atoms with Gasteiger partial charge in [0.1, 0.15) is 5.75 Å². The summed E-state index contributed by atoms with van der Waals surface area (Å²) in [5, 5.41) is 3.56. The Hall–Kier alpha value is -1.88. The number of carbonyl (C=O) groups excluding carboxylic acids is 2. The van der Waals surface area contributed by atoms with E-state index in [0.29, 0.717) is 19.4 Å². The van der Waals surface area contributed by atoms with Gasteiger partial charge in [0.25, 0.3) is 0 Å². The highest BCUT2D eigenvalue weighted by molar-refractivity contribution is 9.10. The number of ketones is 2. The van der Waals surface area contributed by atoms with Gasteiger partial charge in [0.05, 0.1) is 11.1 Å². The largest absolute Gasteiger partial charge is 0.493 e. The number of dihydropyridines is 1. The molecule has 0 amide bonds. The van der Waals surface area contributed by atoms with Crippen molar-refractivity contribution in [2.24, 2.45) is 10.8 Å². The van der Waals surface area contributed by atoms with Crippen LogP contribution < -0.4 is 10.1 Å². The highest BCUT2D eigenvalue weighted by Crippen LogP contribution is 2.51. The highest BCUT2D eigenvalue weighted by atomic mass is 79.9. The first-order valence-corrected chi connectivity index (χ1v) is 11.5. The smallest absolute Gasteiger partial charge is 0.162 e. The Morgan fingerprint density at radius 2 is 1.50 bits per heavy atom. The Balaban J connectivity index is 1.89. The number of nitrogens with one attached hydrogen (secondary N) is 1. The first kappa shape index (κ1) is 21.4. The van der Waals surface area contributed by atoms with Crippen LogP contribution in [-0.4, -0.2) is 18.2 Å². The van der Waals surface area contributed by atoms with Gasteiger partial charge in [-0.2, -0.15) is 0 Å². The van der Waals surface area contributed by atoms with Crippen molar-refractivity contribution >= 4 is 27.5 Å². The summed E-state index contributed by atoms with van der Waals surface area (Å²) in [6, 6.07) is 5.94. The van der Waals surface area contributed by atoms with Crippen molar-refractivity contribution in [1.82, 2.24) is 5.32 Å². The maximum absolute atomic E-state index is 13.3. The second kappa shape index (κ2) is 7.37. The Labute approximate surface area is 187 Å². The number of Topliss-reactive ketones (excluding diaryl/α,β-unsaturated/α-hetero) is 2. The Morgan fingerprint density at radius 3 is 1.97 bits per heavy atom. The number of hydrogen-bond donors (Lipinski definition) is 1. The van der Waals surface area contributed by atoms with Crippen LogP contribution in [0.2, 0.25) is 0 Å². The molecule has 5 heteroatoms. The van der Waals surface area contributed by atoms with Crippen molar-refractivity contribution < 1.29 is 14.3 Å². The van der Waals surface area contributed by atoms with Gasteiger partial charge in [-0.15, -0.1) is 0 Å². The second-order valence-corrected chi connectivity index (χ2v) is 11.2. The third-order valence-electron chi connectivity index (χ3n) is 6.31. The van der Waals surface area contributed by atoms with Crippen LogP contribution in [-0.2, 0) is 9.59 Å². The number of halogens is 1. The third kappa shape index (κ3) is 3.77. The number of rotatable bonds is 3. The van der Waals surface area contributed by atoms with Gasteiger partial charge in [-0.3, -0.25) is 9.59 Å². The lowest BCUT2D eigenvalue weighted by atomic mass is 9.64. The molecule has 0 fully saturated rings. The fourth-order valence-corrected chi connectivity index (χ4v) is 5.70. The zero-order valence-corrected chi connectivity index (χ0v) is 20.0. The molecule has 30 heavy (non-hydrogen) atoms. The van der Waals surface area contributed by atoms with Crippen molar-refractivity contribution in [3.63, 3.8) is 0 Å². The molecule has 0 unspecified atom stereocenters. The lowest BCUT2D eigenvalue weighted by Crippen LogP contribution is -2.42. The van der Waals surface area contributed by atoms with Gasteiger partial charge in [0, 0.05) is 41.3 Å². The molecule has 4 nitrogen and oxygen atoms in total. The molecule has 0 spiro atoms. The molecule has 0 atom stereocenters. The standard InChI is InChI=1S/C25H30BrNO3/c1-6-30-20-8-7-14(9-15(20)26)21-22-16(10-24(2,3)12-18(22)28)27-17-11-25(4,5)13-19(29)23(17)21/h7-9,21,27H,6,10-13H2,1-5H3. The van der Waals surface area contributed by atoms with Crippen LogP contribution >= 0.6 is 15.9 Å². The van der Waals surface area contributed by atoms with Gasteiger partial charge in [-0.25, -0.2) is 0 Å². The fourth-order valence-electron chi connectivity index (χ4n) is 5.19. The molecule has 160 valence electrons. The van der Waals surface area contributed by atoms with E-state index in [2.05, 4.69) is 48.9 Å². The number of benzene rings is 1. The highest BCUT2D eigenvalue weighted by Gasteiger charge is 2.46. The van der Waals surface area contributed by atoms with Crippen molar-refractivity contribution in [3.05, 3.63) is 50.8 Å². The molecule has 3 aliphatic rings. The maximum Gasteiger partial charge on any atom is 0.162 e. The van der Waals surface area contributed by atoms with Gasteiger partial charge in [-0.05, 0) is 64.2 Å². The molecule has 0 bridgehead atoms. The molecule has 1 aromatic carbocycles. The van der Waals surface area contributed by atoms with E-state index in [0.717, 1.165) is 51.2 Å². The van der Waals surface area contributed by atoms with E-state index in [1.54, 1.807) is 0 Å². The lowest BCUT2D eigenvalue weighted by molar-refractivity contribution is -0.119. The number of allylic oxidation sites excluding steroid dienone is 4. The van der Waals surface area contributed by atoms with Gasteiger partial charge < -0.3 is 10.1 Å². The maximum atomic E-state index is 13.3. The second-order valence-electron chi connectivity index (χ2n) is 10.3. The fraction of sp³-hybridized carbons (Fsp3) is 0.520. The molecule has 1 N–H and O–H groups in total. The van der Waals surface area contributed by atoms with E-state index in [-0.39, 0.29) is 28.3 Å². The molecular weight excluding hydrogens is 442 g/mol. The molecule has 1 heterocycles. The van der Waals surface area contributed by atoms with Gasteiger partial charge in [0.2, 0.25) is 0 Å². The van der Waals surface area contributed by atoms with Crippen LogP contribution in [0, 0.1) is 10.8 Å². The average Bonchev–Trinajstić information content (AvgIpc) is 2.59. The summed E-state index contributed by atoms with van der Waals surface area (Å²) < 4.78 is 6.52. The molecule has 2 aliphatic carbocycles. The van der Waals surface area contributed by atoms with E-state index in [1.165, 1.54) is 0 Å². The summed E-state index contributed by atoms with van der Waals surface area (Å²) in [4.78, 5) is 26.6. The molecule has 0 saturated heterocycles. The SMILES string of the molecule is CCOc1ccc(C2C3=C(CC(C)(C)CC3=O)NC3=C2C(=O)CC(C)(C)C3)cc1Br. The van der Waals surface area contributed by atoms with Crippen LogP contribution in [0.1, 0.15) is 71.8 Å². The third-order valence-corrected chi connectivity index (χ3v) is 6.93. The minimum absolute atomic E-state index is 0.0842. The molecular formula is C25H30BrNO3. The van der Waals surface area contributed by atoms with E-state index in [9.17, 15) is 9.59 Å². The van der Waals surface area contributed by atoms with E-state index < -0.39 is 0 Å². The molecule has 0 radical (unpaired) electrons. The lowest BCUT2D eigenvalue weighted by Gasteiger charge is -2.44. The van der Waals surface area contributed by atoms with Crippen molar-refractivity contribution in [2.45, 2.75) is 66.2 Å². The summed E-state index contributed by atoms with van der Waals surface area (Å²) >= 11 is 3.61. The number of ether oxygens (including phenoxy) is 1. The van der Waals surface area contributed by atoms with E-state index in [1.807, 2.05) is 25.1 Å². The van der Waals surface area contributed by atoms with E-state index >= 15 is 0 Å². The molecule has 4 rings (SSSR count). The van der Waals surface area contributed by atoms with Crippen LogP contribution in [0.3, 0.4) is 0 Å². The van der Waals surface area contributed by atoms with Crippen LogP contribution in [0.5, 0.6) is 5.75 Å². The molecule has 0 saturated carbocycles. The normalized spacial score (nSPS) is 23.1. The first-order valence-electron chi connectivity index (χ1n) is 10.7. The monoisotopic (exact) mass is 471 g/mol. The molecule has 1 aliphatic heterocycles. The van der Waals surface area contributed by atoms with Crippen molar-refractivity contribution in [3.8, 4) is 5.75 Å². The average molecular weight is 472 g/mol. The summed E-state index contributed by atoms with van der Waals surface area (Å²) in [7, 11) is 0. The zero-order valence-electron chi connectivity index (χ0n) is 18.4. The van der Waals surface area contributed by atoms with Gasteiger partial charge >= 0.3 is 0 Å². The Morgan fingerprint density at radius 1 is 0.967 bits per heavy atom. The molecule has 1 aromatic rings. The summed E-state index contributed by atoms with van der Waals surface area (Å²) in [5.74, 6) is 0.752. The predicted molar refractivity (Wildman–Crippen MR) is 121 cm³/mol. The van der Waals surface area contributed by atoms with Crippen LogP contribution in [0.25, 0.3) is 0 Å². The molecule has 0 aromatic heterocycles. The minimum Gasteiger partial charge on any atom is -0.493 e. The zero-order chi connectivity index (χ0) is 21.8. The Kier molecular flexibility index (Phi) is 5.24. The predicted octanol–water partition coefficient (Wildman–Crippen LogP) is 5.82. The van der Waals surface area contributed by atoms with Gasteiger partial charge in [0.15, 0.2) is 11.6 Å². The van der Waals surface area contributed by atoms with Gasteiger partial charge in [-0.1, -0.05) is 33.8 Å². The van der Waals surface area contributed by atoms with Crippen LogP contribution in [0.15, 0.2) is 45.2 Å². The van der Waals surface area contributed by atoms with Crippen molar-refractivity contribution in [1.29, 1.82) is 0 Å². The number of carbonyl (C=O) groups is 2. The summed E-state index contributed by atoms with van der Waals surface area (Å²) in [5.41, 5.74) is 4.34. The quantitative estimate of drug-likeness (QED) is 0.602. The number of hydrogen-bond acceptors (Lipinski definition) is 4. The van der Waals surface area contributed by atoms with Crippen molar-refractivity contribution in [2.75, 3.05) is 6.61 Å². The topological polar surface area (TPSA) is 55.4 Å². The first-order chi connectivity index (χ1) is 14.0. The van der Waals surface area contributed by atoms with E-state index in [4.69, 9.17) is 4.74 Å².